The molecule has 78 valence electrons. The molecule has 0 bridgehead atoms. The van der Waals surface area contributed by atoms with Gasteiger partial charge in [-0.3, -0.25) is 4.40 Å². The highest BCUT2D eigenvalue weighted by atomic mass is 15.3. The van der Waals surface area contributed by atoms with Gasteiger partial charge in [0, 0.05) is 25.5 Å². The highest BCUT2D eigenvalue weighted by Gasteiger charge is 2.14. The van der Waals surface area contributed by atoms with E-state index in [0.29, 0.717) is 0 Å². The summed E-state index contributed by atoms with van der Waals surface area (Å²) in [7, 11) is 0. The van der Waals surface area contributed by atoms with E-state index in [9.17, 15) is 0 Å². The quantitative estimate of drug-likeness (QED) is 0.706. The minimum atomic E-state index is 0.790. The first kappa shape index (κ1) is 8.71. The molecule has 15 heavy (non-hydrogen) atoms. The fourth-order valence-corrected chi connectivity index (χ4v) is 2.17. The number of hydrogen-bond donors (Lipinski definition) is 0. The van der Waals surface area contributed by atoms with Crippen LogP contribution in [0, 0.1) is 0 Å². The average Bonchev–Trinajstić information content (AvgIpc) is 2.74. The summed E-state index contributed by atoms with van der Waals surface area (Å²) >= 11 is 0. The van der Waals surface area contributed by atoms with E-state index in [1.807, 2.05) is 18.5 Å². The lowest BCUT2D eigenvalue weighted by Gasteiger charge is -2.27. The monoisotopic (exact) mass is 202 g/mol. The maximum Gasteiger partial charge on any atom is 0.235 e. The normalized spacial score (nSPS) is 17.2. The summed E-state index contributed by atoms with van der Waals surface area (Å²) in [6, 6.07) is 1.95. The van der Waals surface area contributed by atoms with Crippen molar-refractivity contribution in [1.29, 1.82) is 0 Å². The van der Waals surface area contributed by atoms with Gasteiger partial charge < -0.3 is 4.90 Å². The molecule has 3 rings (SSSR count). The van der Waals surface area contributed by atoms with Gasteiger partial charge in [-0.25, -0.2) is 9.97 Å². The van der Waals surface area contributed by atoms with Crippen LogP contribution in [-0.4, -0.2) is 27.5 Å². The SMILES string of the molecule is c1cnc2ncc(N3CCCCC3)n2c1. The van der Waals surface area contributed by atoms with E-state index >= 15 is 0 Å². The van der Waals surface area contributed by atoms with Crippen molar-refractivity contribution in [3.63, 3.8) is 0 Å². The van der Waals surface area contributed by atoms with E-state index in [1.54, 1.807) is 6.20 Å². The van der Waals surface area contributed by atoms with Crippen LogP contribution in [0.25, 0.3) is 5.78 Å². The van der Waals surface area contributed by atoms with Crippen LogP contribution in [-0.2, 0) is 0 Å². The predicted molar refractivity (Wildman–Crippen MR) is 59.1 cm³/mol. The number of imidazole rings is 1. The Morgan fingerprint density at radius 3 is 2.80 bits per heavy atom. The average molecular weight is 202 g/mol. The Labute approximate surface area is 88.6 Å². The first-order valence-electron chi connectivity index (χ1n) is 5.48. The molecule has 1 aliphatic rings. The van der Waals surface area contributed by atoms with Crippen LogP contribution in [0.1, 0.15) is 19.3 Å². The van der Waals surface area contributed by atoms with Crippen molar-refractivity contribution in [3.05, 3.63) is 24.7 Å². The zero-order valence-corrected chi connectivity index (χ0v) is 8.63. The van der Waals surface area contributed by atoms with Crippen molar-refractivity contribution < 1.29 is 0 Å². The Hall–Kier alpha value is -1.58. The Morgan fingerprint density at radius 2 is 1.93 bits per heavy atom. The molecule has 0 radical (unpaired) electrons. The third-order valence-electron chi connectivity index (χ3n) is 2.95. The fourth-order valence-electron chi connectivity index (χ4n) is 2.17. The third kappa shape index (κ3) is 1.46. The Morgan fingerprint density at radius 1 is 1.07 bits per heavy atom. The van der Waals surface area contributed by atoms with Gasteiger partial charge >= 0.3 is 0 Å². The highest BCUT2D eigenvalue weighted by Crippen LogP contribution is 2.19. The van der Waals surface area contributed by atoms with Crippen molar-refractivity contribution in [2.45, 2.75) is 19.3 Å². The topological polar surface area (TPSA) is 33.4 Å². The van der Waals surface area contributed by atoms with Crippen LogP contribution in [0.2, 0.25) is 0 Å². The summed E-state index contributed by atoms with van der Waals surface area (Å²) in [6.07, 6.45) is 9.65. The third-order valence-corrected chi connectivity index (χ3v) is 2.95. The lowest BCUT2D eigenvalue weighted by molar-refractivity contribution is 0.572. The van der Waals surface area contributed by atoms with E-state index in [2.05, 4.69) is 19.3 Å². The first-order chi connectivity index (χ1) is 7.45. The van der Waals surface area contributed by atoms with Gasteiger partial charge in [0.25, 0.3) is 0 Å². The first-order valence-corrected chi connectivity index (χ1v) is 5.48. The number of aromatic nitrogens is 3. The fraction of sp³-hybridized carbons (Fsp3) is 0.455. The van der Waals surface area contributed by atoms with Gasteiger partial charge in [0.15, 0.2) is 0 Å². The molecule has 4 nitrogen and oxygen atoms in total. The number of piperidine rings is 1. The Bertz CT molecular complexity index is 456. The smallest absolute Gasteiger partial charge is 0.235 e. The van der Waals surface area contributed by atoms with Crippen molar-refractivity contribution >= 4 is 11.6 Å². The molecule has 1 aliphatic heterocycles. The summed E-state index contributed by atoms with van der Waals surface area (Å²) in [5, 5.41) is 0. The molecule has 4 heteroatoms. The molecule has 0 spiro atoms. The van der Waals surface area contributed by atoms with Gasteiger partial charge in [-0.2, -0.15) is 0 Å². The number of hydrogen-bond acceptors (Lipinski definition) is 3. The minimum absolute atomic E-state index is 0.790. The number of anilines is 1. The molecule has 0 aliphatic carbocycles. The van der Waals surface area contributed by atoms with Gasteiger partial charge in [-0.05, 0) is 25.3 Å². The molecule has 0 saturated carbocycles. The zero-order valence-electron chi connectivity index (χ0n) is 8.63. The summed E-state index contributed by atoms with van der Waals surface area (Å²) < 4.78 is 2.06. The van der Waals surface area contributed by atoms with Crippen molar-refractivity contribution in [1.82, 2.24) is 14.4 Å². The number of rotatable bonds is 1. The predicted octanol–water partition coefficient (Wildman–Crippen LogP) is 1.72. The van der Waals surface area contributed by atoms with E-state index in [1.165, 1.54) is 25.1 Å². The van der Waals surface area contributed by atoms with Gasteiger partial charge in [0.2, 0.25) is 5.78 Å². The summed E-state index contributed by atoms with van der Waals surface area (Å²) in [4.78, 5) is 10.9. The molecule has 3 heterocycles. The second kappa shape index (κ2) is 3.53. The Kier molecular flexibility index (Phi) is 2.05. The molecular weight excluding hydrogens is 188 g/mol. The summed E-state index contributed by atoms with van der Waals surface area (Å²) in [5.74, 6) is 1.97. The standard InChI is InChI=1S/C11H14N4/c1-2-6-14(7-3-1)10-9-13-11-12-5-4-8-15(10)11/h4-5,8-9H,1-3,6-7H2. The van der Waals surface area contributed by atoms with Crippen LogP contribution in [0.4, 0.5) is 5.82 Å². The molecule has 0 atom stereocenters. The lowest BCUT2D eigenvalue weighted by atomic mass is 10.1. The van der Waals surface area contributed by atoms with E-state index < -0.39 is 0 Å². The van der Waals surface area contributed by atoms with Crippen LogP contribution < -0.4 is 4.90 Å². The maximum atomic E-state index is 4.30. The molecule has 2 aromatic rings. The molecule has 2 aromatic heterocycles. The van der Waals surface area contributed by atoms with E-state index in [0.717, 1.165) is 18.9 Å². The van der Waals surface area contributed by atoms with Crippen LogP contribution >= 0.6 is 0 Å². The molecule has 1 fully saturated rings. The second-order valence-corrected chi connectivity index (χ2v) is 3.95. The van der Waals surface area contributed by atoms with E-state index in [-0.39, 0.29) is 0 Å². The zero-order chi connectivity index (χ0) is 10.1. The lowest BCUT2D eigenvalue weighted by Crippen LogP contribution is -2.30. The van der Waals surface area contributed by atoms with Crippen LogP contribution in [0.15, 0.2) is 24.7 Å². The largest absolute Gasteiger partial charge is 0.356 e. The van der Waals surface area contributed by atoms with Gasteiger partial charge in [0.05, 0.1) is 6.20 Å². The van der Waals surface area contributed by atoms with Crippen LogP contribution in [0.5, 0.6) is 0 Å². The molecule has 0 amide bonds. The number of fused-ring (bicyclic) bond motifs is 1. The Balaban J connectivity index is 2.02. The van der Waals surface area contributed by atoms with Gasteiger partial charge in [-0.15, -0.1) is 0 Å². The second-order valence-electron chi connectivity index (χ2n) is 3.95. The van der Waals surface area contributed by atoms with Crippen molar-refractivity contribution in [3.8, 4) is 0 Å². The van der Waals surface area contributed by atoms with Crippen molar-refractivity contribution in [2.75, 3.05) is 18.0 Å². The molecule has 1 saturated heterocycles. The van der Waals surface area contributed by atoms with Crippen molar-refractivity contribution in [2.24, 2.45) is 0 Å². The van der Waals surface area contributed by atoms with Gasteiger partial charge in [-0.1, -0.05) is 0 Å². The van der Waals surface area contributed by atoms with E-state index in [4.69, 9.17) is 0 Å². The summed E-state index contributed by atoms with van der Waals surface area (Å²) in [6.45, 7) is 2.28. The molecule has 0 unspecified atom stereocenters. The summed E-state index contributed by atoms with van der Waals surface area (Å²) in [5.41, 5.74) is 0. The molecule has 0 aromatic carbocycles. The maximum absolute atomic E-state index is 4.30. The molecule has 0 N–H and O–H groups in total. The molecular formula is C11H14N4. The van der Waals surface area contributed by atoms with Gasteiger partial charge in [0.1, 0.15) is 5.82 Å². The van der Waals surface area contributed by atoms with Crippen LogP contribution in [0.3, 0.4) is 0 Å². The number of nitrogens with zero attached hydrogens (tertiary/aromatic N) is 4. The highest BCUT2D eigenvalue weighted by molar-refractivity contribution is 5.47. The minimum Gasteiger partial charge on any atom is -0.356 e.